The Bertz CT molecular complexity index is 1230. The summed E-state index contributed by atoms with van der Waals surface area (Å²) in [5, 5.41) is 6.78. The highest BCUT2D eigenvalue weighted by Gasteiger charge is 2.31. The topological polar surface area (TPSA) is 54.3 Å². The van der Waals surface area contributed by atoms with Crippen molar-refractivity contribution in [2.75, 3.05) is 10.6 Å². The Morgan fingerprint density at radius 1 is 1.15 bits per heavy atom. The summed E-state index contributed by atoms with van der Waals surface area (Å²) in [4.78, 5) is 13.0. The lowest BCUT2D eigenvalue weighted by Gasteiger charge is -2.22. The van der Waals surface area contributed by atoms with Gasteiger partial charge in [-0.05, 0) is 74.1 Å². The fourth-order valence-corrected chi connectivity index (χ4v) is 5.45. The van der Waals surface area contributed by atoms with Crippen molar-refractivity contribution in [2.45, 2.75) is 58.4 Å². The summed E-state index contributed by atoms with van der Waals surface area (Å²) in [6, 6.07) is 14.4. The standard InChI is InChI=1S/C28H29BrN2O2/c1-3-9-22(30-18-10-5-4-6-11-18)27-19-12-7-8-13-24(19)33-25(27)16-20-26-17(2)21(29)14-15-23(26)31-28(20)32/h4-6,10-11,14-16,22,30H,3,7-9,12-13H2,1-2H3,(H,31,32). The molecule has 0 saturated heterocycles. The van der Waals surface area contributed by atoms with Crippen LogP contribution in [0.1, 0.15) is 72.4 Å². The van der Waals surface area contributed by atoms with Crippen molar-refractivity contribution >= 4 is 44.9 Å². The molecular formula is C28H29BrN2O2. The normalized spacial score (nSPS) is 16.9. The average Bonchev–Trinajstić information content (AvgIpc) is 3.34. The van der Waals surface area contributed by atoms with Gasteiger partial charge >= 0.3 is 0 Å². The first-order valence-electron chi connectivity index (χ1n) is 11.8. The molecule has 0 radical (unpaired) electrons. The maximum atomic E-state index is 13.0. The highest BCUT2D eigenvalue weighted by atomic mass is 79.9. The van der Waals surface area contributed by atoms with Gasteiger partial charge in [0.15, 0.2) is 0 Å². The fraction of sp³-hybridized carbons (Fsp3) is 0.321. The molecule has 33 heavy (non-hydrogen) atoms. The Kier molecular flexibility index (Phi) is 6.15. The fourth-order valence-electron chi connectivity index (χ4n) is 5.12. The van der Waals surface area contributed by atoms with Crippen LogP contribution in [0.15, 0.2) is 51.4 Å². The predicted molar refractivity (Wildman–Crippen MR) is 138 cm³/mol. The molecule has 1 aromatic heterocycles. The van der Waals surface area contributed by atoms with Gasteiger partial charge in [0.05, 0.1) is 11.6 Å². The molecule has 2 aromatic carbocycles. The van der Waals surface area contributed by atoms with Gasteiger partial charge in [-0.1, -0.05) is 47.5 Å². The van der Waals surface area contributed by atoms with Crippen LogP contribution in [0.4, 0.5) is 11.4 Å². The molecule has 3 aromatic rings. The number of nitrogens with one attached hydrogen (secondary N) is 2. The van der Waals surface area contributed by atoms with Crippen LogP contribution in [0, 0.1) is 6.92 Å². The number of hydrogen-bond acceptors (Lipinski definition) is 3. The molecule has 0 bridgehead atoms. The minimum absolute atomic E-state index is 0.0745. The van der Waals surface area contributed by atoms with Gasteiger partial charge in [0.25, 0.3) is 5.91 Å². The molecule has 4 nitrogen and oxygen atoms in total. The zero-order valence-corrected chi connectivity index (χ0v) is 20.7. The van der Waals surface area contributed by atoms with Crippen LogP contribution in [0.3, 0.4) is 0 Å². The van der Waals surface area contributed by atoms with Gasteiger partial charge in [-0.3, -0.25) is 4.79 Å². The maximum absolute atomic E-state index is 13.0. The van der Waals surface area contributed by atoms with Gasteiger partial charge in [0.2, 0.25) is 0 Å². The lowest BCUT2D eigenvalue weighted by atomic mass is 9.89. The highest BCUT2D eigenvalue weighted by molar-refractivity contribution is 9.10. The Balaban J connectivity index is 1.64. The summed E-state index contributed by atoms with van der Waals surface area (Å²) >= 11 is 3.62. The minimum atomic E-state index is -0.0745. The van der Waals surface area contributed by atoms with E-state index in [1.165, 1.54) is 17.5 Å². The number of hydrogen-bond donors (Lipinski definition) is 2. The van der Waals surface area contributed by atoms with Crippen LogP contribution in [-0.2, 0) is 17.6 Å². The van der Waals surface area contributed by atoms with E-state index in [9.17, 15) is 4.79 Å². The molecule has 1 atom stereocenters. The number of carbonyl (C=O) groups excluding carboxylic acids is 1. The van der Waals surface area contributed by atoms with Gasteiger partial charge in [-0.25, -0.2) is 0 Å². The van der Waals surface area contributed by atoms with Gasteiger partial charge in [-0.15, -0.1) is 0 Å². The van der Waals surface area contributed by atoms with Crippen LogP contribution < -0.4 is 10.6 Å². The molecule has 0 fully saturated rings. The first kappa shape index (κ1) is 22.0. The minimum Gasteiger partial charge on any atom is -0.461 e. The lowest BCUT2D eigenvalue weighted by molar-refractivity contribution is -0.110. The summed E-state index contributed by atoms with van der Waals surface area (Å²) in [6.07, 6.45) is 8.33. The largest absolute Gasteiger partial charge is 0.461 e. The number of amides is 1. The van der Waals surface area contributed by atoms with E-state index in [0.717, 1.165) is 70.6 Å². The quantitative estimate of drug-likeness (QED) is 0.338. The molecule has 2 N–H and O–H groups in total. The van der Waals surface area contributed by atoms with E-state index < -0.39 is 0 Å². The van der Waals surface area contributed by atoms with Crippen LogP contribution in [0.5, 0.6) is 0 Å². The predicted octanol–water partition coefficient (Wildman–Crippen LogP) is 7.68. The van der Waals surface area contributed by atoms with E-state index in [0.29, 0.717) is 5.57 Å². The first-order valence-corrected chi connectivity index (χ1v) is 12.6. The summed E-state index contributed by atoms with van der Waals surface area (Å²) in [7, 11) is 0. The first-order chi connectivity index (χ1) is 16.1. The summed E-state index contributed by atoms with van der Waals surface area (Å²) in [5.74, 6) is 1.83. The molecule has 1 unspecified atom stereocenters. The Hall–Kier alpha value is -2.79. The molecule has 5 heteroatoms. The van der Waals surface area contributed by atoms with E-state index in [4.69, 9.17) is 4.42 Å². The number of anilines is 2. The number of para-hydroxylation sites is 1. The molecule has 0 saturated carbocycles. The monoisotopic (exact) mass is 504 g/mol. The number of furan rings is 1. The molecular weight excluding hydrogens is 476 g/mol. The Labute approximate surface area is 203 Å². The second-order valence-corrected chi connectivity index (χ2v) is 9.80. The lowest BCUT2D eigenvalue weighted by Crippen LogP contribution is -2.14. The van der Waals surface area contributed by atoms with E-state index in [1.807, 2.05) is 31.2 Å². The maximum Gasteiger partial charge on any atom is 0.256 e. The summed E-state index contributed by atoms with van der Waals surface area (Å²) in [5.41, 5.74) is 7.20. The SMILES string of the molecule is CCCC(Nc1ccccc1)c1c(C=C2C(=O)Nc3ccc(Br)c(C)c32)oc2c1CCCC2. The highest BCUT2D eigenvalue weighted by Crippen LogP contribution is 2.42. The van der Waals surface area contributed by atoms with Crippen molar-refractivity contribution in [3.8, 4) is 0 Å². The van der Waals surface area contributed by atoms with Crippen molar-refractivity contribution in [3.05, 3.63) is 80.7 Å². The molecule has 1 amide bonds. The number of rotatable bonds is 6. The third-order valence-electron chi connectivity index (χ3n) is 6.72. The van der Waals surface area contributed by atoms with Gasteiger partial charge in [-0.2, -0.15) is 0 Å². The molecule has 2 heterocycles. The van der Waals surface area contributed by atoms with E-state index in [-0.39, 0.29) is 11.9 Å². The van der Waals surface area contributed by atoms with Crippen molar-refractivity contribution in [1.82, 2.24) is 0 Å². The third kappa shape index (κ3) is 4.15. The van der Waals surface area contributed by atoms with E-state index in [2.05, 4.69) is 57.8 Å². The van der Waals surface area contributed by atoms with Gasteiger partial charge in [0, 0.05) is 33.4 Å². The number of benzene rings is 2. The molecule has 5 rings (SSSR count). The number of aryl methyl sites for hydroxylation is 1. The van der Waals surface area contributed by atoms with E-state index >= 15 is 0 Å². The molecule has 1 aliphatic heterocycles. The van der Waals surface area contributed by atoms with Crippen LogP contribution in [0.2, 0.25) is 0 Å². The zero-order chi connectivity index (χ0) is 22.9. The zero-order valence-electron chi connectivity index (χ0n) is 19.1. The average molecular weight is 505 g/mol. The molecule has 2 aliphatic rings. The van der Waals surface area contributed by atoms with E-state index in [1.54, 1.807) is 0 Å². The number of fused-ring (bicyclic) bond motifs is 2. The summed E-state index contributed by atoms with van der Waals surface area (Å²) < 4.78 is 7.49. The van der Waals surface area contributed by atoms with Crippen LogP contribution in [0.25, 0.3) is 11.6 Å². The molecule has 0 spiro atoms. The third-order valence-corrected chi connectivity index (χ3v) is 7.58. The van der Waals surface area contributed by atoms with Crippen molar-refractivity contribution < 1.29 is 9.21 Å². The Morgan fingerprint density at radius 3 is 2.73 bits per heavy atom. The number of carbonyl (C=O) groups is 1. The smallest absolute Gasteiger partial charge is 0.256 e. The van der Waals surface area contributed by atoms with Gasteiger partial charge in [0.1, 0.15) is 11.5 Å². The van der Waals surface area contributed by atoms with Gasteiger partial charge < -0.3 is 15.1 Å². The molecule has 1 aliphatic carbocycles. The second-order valence-electron chi connectivity index (χ2n) is 8.95. The van der Waals surface area contributed by atoms with Crippen molar-refractivity contribution in [2.24, 2.45) is 0 Å². The summed E-state index contributed by atoms with van der Waals surface area (Å²) in [6.45, 7) is 4.26. The van der Waals surface area contributed by atoms with Crippen molar-refractivity contribution in [1.29, 1.82) is 0 Å². The van der Waals surface area contributed by atoms with Crippen LogP contribution >= 0.6 is 15.9 Å². The number of halogens is 1. The van der Waals surface area contributed by atoms with Crippen LogP contribution in [-0.4, -0.2) is 5.91 Å². The Morgan fingerprint density at radius 2 is 1.94 bits per heavy atom. The van der Waals surface area contributed by atoms with Crippen molar-refractivity contribution in [3.63, 3.8) is 0 Å². The molecule has 170 valence electrons. The second kappa shape index (κ2) is 9.22.